The predicted molar refractivity (Wildman–Crippen MR) is 119 cm³/mol. The van der Waals surface area contributed by atoms with Crippen LogP contribution < -0.4 is 19.5 Å². The van der Waals surface area contributed by atoms with Crippen LogP contribution in [-0.4, -0.2) is 51.3 Å². The van der Waals surface area contributed by atoms with E-state index in [1.54, 1.807) is 33.5 Å². The summed E-state index contributed by atoms with van der Waals surface area (Å²) in [4.78, 5) is 15.2. The molecule has 162 valence electrons. The molecule has 0 aromatic heterocycles. The number of carbonyl (C=O) groups is 1. The Balaban J connectivity index is 1.70. The van der Waals surface area contributed by atoms with Gasteiger partial charge in [-0.15, -0.1) is 0 Å². The first-order valence-electron chi connectivity index (χ1n) is 10.5. The van der Waals surface area contributed by atoms with Crippen molar-refractivity contribution in [2.75, 3.05) is 39.7 Å². The lowest BCUT2D eigenvalue weighted by Gasteiger charge is -2.34. The summed E-state index contributed by atoms with van der Waals surface area (Å²) in [5.74, 6) is 1.49. The number of anilines is 1. The fourth-order valence-electron chi connectivity index (χ4n) is 4.21. The Morgan fingerprint density at radius 1 is 1.07 bits per heavy atom. The Bertz CT molecular complexity index is 843. The summed E-state index contributed by atoms with van der Waals surface area (Å²) in [6.45, 7) is 3.41. The van der Waals surface area contributed by atoms with Gasteiger partial charge in [0.25, 0.3) is 0 Å². The molecule has 2 aromatic carbocycles. The third-order valence-electron chi connectivity index (χ3n) is 5.64. The van der Waals surface area contributed by atoms with Crippen molar-refractivity contribution < 1.29 is 19.0 Å². The van der Waals surface area contributed by atoms with Crippen molar-refractivity contribution in [2.45, 2.75) is 38.6 Å². The van der Waals surface area contributed by atoms with E-state index in [0.29, 0.717) is 35.5 Å². The van der Waals surface area contributed by atoms with Gasteiger partial charge in [-0.25, -0.2) is 0 Å². The van der Waals surface area contributed by atoms with Crippen LogP contribution in [0.5, 0.6) is 17.2 Å². The lowest BCUT2D eigenvalue weighted by atomic mass is 9.87. The summed E-state index contributed by atoms with van der Waals surface area (Å²) >= 11 is 0. The first-order valence-corrected chi connectivity index (χ1v) is 10.5. The Morgan fingerprint density at radius 2 is 1.73 bits per heavy atom. The molecule has 0 fully saturated rings. The first-order chi connectivity index (χ1) is 14.6. The second-order valence-electron chi connectivity index (χ2n) is 7.60. The van der Waals surface area contributed by atoms with Crippen LogP contribution in [0.25, 0.3) is 0 Å². The molecule has 0 saturated heterocycles. The number of benzene rings is 2. The number of hydrogen-bond donors (Lipinski definition) is 1. The van der Waals surface area contributed by atoms with Crippen LogP contribution in [0.2, 0.25) is 0 Å². The van der Waals surface area contributed by atoms with Crippen molar-refractivity contribution in [2.24, 2.45) is 0 Å². The summed E-state index contributed by atoms with van der Waals surface area (Å²) in [6, 6.07) is 12.5. The van der Waals surface area contributed by atoms with Gasteiger partial charge in [-0.3, -0.25) is 9.69 Å². The lowest BCUT2D eigenvalue weighted by Crippen LogP contribution is -2.44. The van der Waals surface area contributed by atoms with Gasteiger partial charge < -0.3 is 19.5 Å². The maximum atomic E-state index is 12.9. The van der Waals surface area contributed by atoms with Gasteiger partial charge in [0.05, 0.1) is 27.9 Å². The van der Waals surface area contributed by atoms with E-state index in [-0.39, 0.29) is 5.91 Å². The molecule has 0 saturated carbocycles. The largest absolute Gasteiger partial charge is 0.493 e. The fourth-order valence-corrected chi connectivity index (χ4v) is 4.21. The van der Waals surface area contributed by atoms with Crippen molar-refractivity contribution in [3.8, 4) is 17.2 Å². The molecule has 0 bridgehead atoms. The molecule has 0 heterocycles. The molecule has 1 aliphatic carbocycles. The molecule has 1 atom stereocenters. The molecule has 0 spiro atoms. The normalized spacial score (nSPS) is 15.4. The van der Waals surface area contributed by atoms with Crippen molar-refractivity contribution in [1.82, 2.24) is 4.90 Å². The third-order valence-corrected chi connectivity index (χ3v) is 5.64. The SMILES string of the molecule is CCCN(CC(=O)Nc1cc(OC)c(OC)c(OC)c1)C1CCc2ccccc2C1. The zero-order valence-corrected chi connectivity index (χ0v) is 18.4. The number of rotatable bonds is 9. The van der Waals surface area contributed by atoms with Crippen LogP contribution in [-0.2, 0) is 17.6 Å². The zero-order valence-electron chi connectivity index (χ0n) is 18.4. The Hall–Kier alpha value is -2.73. The van der Waals surface area contributed by atoms with E-state index >= 15 is 0 Å². The molecule has 3 rings (SSSR count). The highest BCUT2D eigenvalue weighted by Crippen LogP contribution is 2.39. The van der Waals surface area contributed by atoms with E-state index in [1.807, 2.05) is 0 Å². The number of aryl methyl sites for hydroxylation is 1. The fraction of sp³-hybridized carbons (Fsp3) is 0.458. The standard InChI is InChI=1S/C24H32N2O4/c1-5-12-26(20-11-10-17-8-6-7-9-18(17)13-20)16-23(27)25-19-14-21(28-2)24(30-4)22(15-19)29-3/h6-9,14-15,20H,5,10-13,16H2,1-4H3,(H,25,27). The predicted octanol–water partition coefficient (Wildman–Crippen LogP) is 3.92. The second-order valence-corrected chi connectivity index (χ2v) is 7.60. The van der Waals surface area contributed by atoms with E-state index < -0.39 is 0 Å². The molecule has 1 N–H and O–H groups in total. The number of carbonyl (C=O) groups excluding carboxylic acids is 1. The number of hydrogen-bond acceptors (Lipinski definition) is 5. The van der Waals surface area contributed by atoms with Gasteiger partial charge >= 0.3 is 0 Å². The highest BCUT2D eigenvalue weighted by atomic mass is 16.5. The van der Waals surface area contributed by atoms with Gasteiger partial charge in [0.1, 0.15) is 0 Å². The van der Waals surface area contributed by atoms with E-state index in [0.717, 1.165) is 32.2 Å². The Labute approximate surface area is 179 Å². The molecule has 2 aromatic rings. The van der Waals surface area contributed by atoms with Gasteiger partial charge in [0, 0.05) is 23.9 Å². The highest BCUT2D eigenvalue weighted by Gasteiger charge is 2.25. The maximum Gasteiger partial charge on any atom is 0.238 e. The van der Waals surface area contributed by atoms with E-state index in [9.17, 15) is 4.79 Å². The third kappa shape index (κ3) is 5.05. The minimum absolute atomic E-state index is 0.0448. The Morgan fingerprint density at radius 3 is 2.33 bits per heavy atom. The zero-order chi connectivity index (χ0) is 21.5. The number of nitrogens with zero attached hydrogens (tertiary/aromatic N) is 1. The van der Waals surface area contributed by atoms with Crippen molar-refractivity contribution in [3.63, 3.8) is 0 Å². The monoisotopic (exact) mass is 412 g/mol. The van der Waals surface area contributed by atoms with Gasteiger partial charge in [0.15, 0.2) is 11.5 Å². The maximum absolute atomic E-state index is 12.9. The van der Waals surface area contributed by atoms with Crippen molar-refractivity contribution in [1.29, 1.82) is 0 Å². The molecule has 1 amide bonds. The summed E-state index contributed by atoms with van der Waals surface area (Å²) < 4.78 is 16.1. The lowest BCUT2D eigenvalue weighted by molar-refractivity contribution is -0.118. The topological polar surface area (TPSA) is 60.0 Å². The number of fused-ring (bicyclic) bond motifs is 1. The van der Waals surface area contributed by atoms with Gasteiger partial charge in [-0.1, -0.05) is 31.2 Å². The highest BCUT2D eigenvalue weighted by molar-refractivity contribution is 5.93. The van der Waals surface area contributed by atoms with E-state index in [1.165, 1.54) is 11.1 Å². The number of ether oxygens (including phenoxy) is 3. The molecule has 30 heavy (non-hydrogen) atoms. The first kappa shape index (κ1) is 22.0. The van der Waals surface area contributed by atoms with Gasteiger partial charge in [-0.2, -0.15) is 0 Å². The summed E-state index contributed by atoms with van der Waals surface area (Å²) in [6.07, 6.45) is 4.15. The molecule has 1 unspecified atom stereocenters. The molecule has 6 nitrogen and oxygen atoms in total. The molecule has 0 radical (unpaired) electrons. The molecule has 0 aliphatic heterocycles. The van der Waals surface area contributed by atoms with Crippen molar-refractivity contribution >= 4 is 11.6 Å². The molecular weight excluding hydrogens is 380 g/mol. The minimum Gasteiger partial charge on any atom is -0.493 e. The number of amides is 1. The van der Waals surface area contributed by atoms with E-state index in [2.05, 4.69) is 41.4 Å². The van der Waals surface area contributed by atoms with Crippen LogP contribution in [0.15, 0.2) is 36.4 Å². The van der Waals surface area contributed by atoms with Crippen LogP contribution in [0.4, 0.5) is 5.69 Å². The molecule has 1 aliphatic rings. The van der Waals surface area contributed by atoms with Gasteiger partial charge in [0.2, 0.25) is 11.7 Å². The Kier molecular flexibility index (Phi) is 7.57. The van der Waals surface area contributed by atoms with Crippen molar-refractivity contribution in [3.05, 3.63) is 47.5 Å². The average Bonchev–Trinajstić information content (AvgIpc) is 2.77. The smallest absolute Gasteiger partial charge is 0.238 e. The minimum atomic E-state index is -0.0448. The summed E-state index contributed by atoms with van der Waals surface area (Å²) in [5.41, 5.74) is 3.46. The van der Waals surface area contributed by atoms with Crippen LogP contribution in [0, 0.1) is 0 Å². The molecular formula is C24H32N2O4. The van der Waals surface area contributed by atoms with Crippen LogP contribution in [0.3, 0.4) is 0 Å². The quantitative estimate of drug-likeness (QED) is 0.676. The van der Waals surface area contributed by atoms with E-state index in [4.69, 9.17) is 14.2 Å². The summed E-state index contributed by atoms with van der Waals surface area (Å²) in [5, 5.41) is 2.99. The van der Waals surface area contributed by atoms with Gasteiger partial charge in [-0.05, 0) is 43.4 Å². The average molecular weight is 413 g/mol. The van der Waals surface area contributed by atoms with Crippen LogP contribution >= 0.6 is 0 Å². The number of methoxy groups -OCH3 is 3. The molecule has 6 heteroatoms. The summed E-state index contributed by atoms with van der Waals surface area (Å²) in [7, 11) is 4.68. The number of nitrogens with one attached hydrogen (secondary N) is 1. The van der Waals surface area contributed by atoms with Crippen LogP contribution in [0.1, 0.15) is 30.9 Å². The second kappa shape index (κ2) is 10.3.